The molecule has 34 heavy (non-hydrogen) atoms. The van der Waals surface area contributed by atoms with E-state index in [0.717, 1.165) is 12.8 Å². The third kappa shape index (κ3) is 7.18. The van der Waals surface area contributed by atoms with Crippen molar-refractivity contribution in [3.63, 3.8) is 0 Å². The third-order valence-corrected chi connectivity index (χ3v) is 6.89. The number of nitrogens with zero attached hydrogens (tertiary/aromatic N) is 1. The predicted molar refractivity (Wildman–Crippen MR) is 134 cm³/mol. The summed E-state index contributed by atoms with van der Waals surface area (Å²) in [6.45, 7) is 12.8. The number of phenols is 1. The van der Waals surface area contributed by atoms with Gasteiger partial charge in [0.1, 0.15) is 5.75 Å². The van der Waals surface area contributed by atoms with Crippen LogP contribution in [0.4, 0.5) is 13.2 Å². The number of hydrogen-bond donors (Lipinski definition) is 2. The van der Waals surface area contributed by atoms with Gasteiger partial charge in [-0.1, -0.05) is 52.3 Å². The van der Waals surface area contributed by atoms with E-state index in [-0.39, 0.29) is 34.4 Å². The van der Waals surface area contributed by atoms with E-state index in [4.69, 9.17) is 11.6 Å². The van der Waals surface area contributed by atoms with Gasteiger partial charge in [0, 0.05) is 16.3 Å². The molecule has 1 aromatic carbocycles. The maximum atomic E-state index is 13.4. The van der Waals surface area contributed by atoms with Gasteiger partial charge in [-0.25, -0.2) is 0 Å². The molecule has 0 saturated heterocycles. The normalized spacial score (nSPS) is 17.0. The minimum atomic E-state index is -4.38. The van der Waals surface area contributed by atoms with E-state index < -0.39 is 22.9 Å². The molecule has 1 atom stereocenters. The SMILES string of the molecule is CCCN(CCC)C1CC(SC(F)(F)F)=CC=C1NC(=O)c1c(C)c(Cl)cc(C(C)(C)C)c1O. The minimum Gasteiger partial charge on any atom is -0.507 e. The number of amides is 1. The largest absolute Gasteiger partial charge is 0.507 e. The van der Waals surface area contributed by atoms with E-state index in [1.54, 1.807) is 19.1 Å². The van der Waals surface area contributed by atoms with Gasteiger partial charge >= 0.3 is 5.51 Å². The van der Waals surface area contributed by atoms with E-state index in [1.165, 1.54) is 6.08 Å². The minimum absolute atomic E-state index is 0.0778. The molecule has 9 heteroatoms. The fraction of sp³-hybridized carbons (Fsp3) is 0.560. The molecule has 2 N–H and O–H groups in total. The van der Waals surface area contributed by atoms with Crippen LogP contribution < -0.4 is 5.32 Å². The van der Waals surface area contributed by atoms with Crippen LogP contribution in [0.3, 0.4) is 0 Å². The van der Waals surface area contributed by atoms with Crippen LogP contribution in [-0.4, -0.2) is 40.6 Å². The zero-order valence-electron chi connectivity index (χ0n) is 20.6. The Bertz CT molecular complexity index is 962. The molecule has 0 spiro atoms. The number of rotatable bonds is 8. The van der Waals surface area contributed by atoms with Crippen LogP contribution in [0.5, 0.6) is 5.75 Å². The number of nitrogens with one attached hydrogen (secondary N) is 1. The number of benzene rings is 1. The Morgan fingerprint density at radius 3 is 2.29 bits per heavy atom. The number of carbonyl (C=O) groups excluding carboxylic acids is 1. The van der Waals surface area contributed by atoms with E-state index in [9.17, 15) is 23.1 Å². The van der Waals surface area contributed by atoms with E-state index in [0.29, 0.717) is 34.9 Å². The Labute approximate surface area is 209 Å². The van der Waals surface area contributed by atoms with Gasteiger partial charge in [0.25, 0.3) is 5.91 Å². The number of aromatic hydroxyl groups is 1. The molecule has 0 bridgehead atoms. The summed E-state index contributed by atoms with van der Waals surface area (Å²) in [5.41, 5.74) is -3.25. The highest BCUT2D eigenvalue weighted by molar-refractivity contribution is 8.03. The summed E-state index contributed by atoms with van der Waals surface area (Å²) in [4.78, 5) is 15.7. The molecule has 1 aliphatic carbocycles. The molecule has 0 radical (unpaired) electrons. The van der Waals surface area contributed by atoms with Crippen LogP contribution in [0.15, 0.2) is 28.8 Å². The zero-order chi connectivity index (χ0) is 25.8. The molecule has 1 aliphatic rings. The number of alkyl halides is 3. The van der Waals surface area contributed by atoms with Crippen molar-refractivity contribution in [2.24, 2.45) is 0 Å². The average Bonchev–Trinajstić information content (AvgIpc) is 2.70. The standard InChI is InChI=1S/C25H34ClF3N2O2S/c1-7-11-31(12-8-2)20-13-16(34-25(27,28)29)9-10-19(20)30-23(33)21-15(3)18(26)14-17(22(21)32)24(4,5)6/h9-10,14,20,32H,7-8,11-13H2,1-6H3,(H,30,33). The van der Waals surface area contributed by atoms with Gasteiger partial charge < -0.3 is 10.4 Å². The maximum Gasteiger partial charge on any atom is 0.446 e. The molecule has 0 fully saturated rings. The fourth-order valence-corrected chi connectivity index (χ4v) is 4.99. The first-order valence-electron chi connectivity index (χ1n) is 11.4. The lowest BCUT2D eigenvalue weighted by atomic mass is 9.84. The van der Waals surface area contributed by atoms with Crippen molar-refractivity contribution >= 4 is 29.3 Å². The van der Waals surface area contributed by atoms with Crippen molar-refractivity contribution in [1.29, 1.82) is 0 Å². The quantitative estimate of drug-likeness (QED) is 0.379. The summed E-state index contributed by atoms with van der Waals surface area (Å²) >= 11 is 6.28. The number of halogens is 4. The molecule has 190 valence electrons. The van der Waals surface area contributed by atoms with Crippen LogP contribution in [0.2, 0.25) is 5.02 Å². The molecule has 1 amide bonds. The number of allylic oxidation sites excluding steroid dienone is 2. The Morgan fingerprint density at radius 1 is 1.21 bits per heavy atom. The Kier molecular flexibility index (Phi) is 9.59. The van der Waals surface area contributed by atoms with Crippen LogP contribution in [0, 0.1) is 6.92 Å². The highest BCUT2D eigenvalue weighted by Crippen LogP contribution is 2.42. The van der Waals surface area contributed by atoms with Crippen LogP contribution in [-0.2, 0) is 5.41 Å². The summed E-state index contributed by atoms with van der Waals surface area (Å²) < 4.78 is 39.1. The van der Waals surface area contributed by atoms with Crippen molar-refractivity contribution in [2.75, 3.05) is 13.1 Å². The van der Waals surface area contributed by atoms with Crippen molar-refractivity contribution in [3.8, 4) is 5.75 Å². The van der Waals surface area contributed by atoms with Gasteiger partial charge in [0.15, 0.2) is 0 Å². The molecule has 0 aromatic heterocycles. The highest BCUT2D eigenvalue weighted by atomic mass is 35.5. The number of hydrogen-bond acceptors (Lipinski definition) is 4. The topological polar surface area (TPSA) is 52.6 Å². The first-order valence-corrected chi connectivity index (χ1v) is 12.6. The molecule has 4 nitrogen and oxygen atoms in total. The lowest BCUT2D eigenvalue weighted by Gasteiger charge is -2.35. The average molecular weight is 519 g/mol. The lowest BCUT2D eigenvalue weighted by Crippen LogP contribution is -2.44. The second kappa shape index (κ2) is 11.4. The second-order valence-corrected chi connectivity index (χ2v) is 11.1. The summed E-state index contributed by atoms with van der Waals surface area (Å²) in [5.74, 6) is -0.671. The molecule has 1 aromatic rings. The molecular formula is C25H34ClF3N2O2S. The number of carbonyl (C=O) groups is 1. The van der Waals surface area contributed by atoms with Crippen LogP contribution >= 0.6 is 23.4 Å². The van der Waals surface area contributed by atoms with Crippen molar-refractivity contribution in [3.05, 3.63) is 50.5 Å². The van der Waals surface area contributed by atoms with Gasteiger partial charge in [-0.05, 0) is 79.1 Å². The molecule has 2 rings (SSSR count). The smallest absolute Gasteiger partial charge is 0.446 e. The molecule has 0 saturated carbocycles. The summed E-state index contributed by atoms with van der Waals surface area (Å²) in [6.07, 6.45) is 4.74. The number of phenolic OH excluding ortho intramolecular Hbond substituents is 1. The van der Waals surface area contributed by atoms with Crippen LogP contribution in [0.1, 0.15) is 75.4 Å². The molecule has 0 aliphatic heterocycles. The Balaban J connectivity index is 2.49. The highest BCUT2D eigenvalue weighted by Gasteiger charge is 2.35. The molecular weight excluding hydrogens is 485 g/mol. The fourth-order valence-electron chi connectivity index (χ4n) is 4.11. The van der Waals surface area contributed by atoms with Crippen molar-refractivity contribution < 1.29 is 23.1 Å². The summed E-state index contributed by atoms with van der Waals surface area (Å²) in [6, 6.07) is 1.25. The lowest BCUT2D eigenvalue weighted by molar-refractivity contribution is -0.0323. The number of thioether (sulfide) groups is 1. The van der Waals surface area contributed by atoms with E-state index >= 15 is 0 Å². The first kappa shape index (κ1) is 28.6. The van der Waals surface area contributed by atoms with E-state index in [1.807, 2.05) is 34.6 Å². The second-order valence-electron chi connectivity index (χ2n) is 9.52. The van der Waals surface area contributed by atoms with Crippen molar-refractivity contribution in [2.45, 2.75) is 77.8 Å². The zero-order valence-corrected chi connectivity index (χ0v) is 22.1. The Hall–Kier alpha value is -1.64. The summed E-state index contributed by atoms with van der Waals surface area (Å²) in [5, 5.41) is 14.2. The third-order valence-electron chi connectivity index (χ3n) is 5.70. The molecule has 0 heterocycles. The predicted octanol–water partition coefficient (Wildman–Crippen LogP) is 7.30. The van der Waals surface area contributed by atoms with E-state index in [2.05, 4.69) is 10.2 Å². The van der Waals surface area contributed by atoms with Gasteiger partial charge in [-0.15, -0.1) is 0 Å². The van der Waals surface area contributed by atoms with Gasteiger partial charge in [0.2, 0.25) is 0 Å². The van der Waals surface area contributed by atoms with Gasteiger partial charge in [0.05, 0.1) is 11.6 Å². The van der Waals surface area contributed by atoms with Crippen molar-refractivity contribution in [1.82, 2.24) is 10.2 Å². The summed E-state index contributed by atoms with van der Waals surface area (Å²) in [7, 11) is 0. The van der Waals surface area contributed by atoms with Gasteiger partial charge in [-0.3, -0.25) is 9.69 Å². The maximum absolute atomic E-state index is 13.4. The Morgan fingerprint density at radius 2 is 1.79 bits per heavy atom. The van der Waals surface area contributed by atoms with Crippen LogP contribution in [0.25, 0.3) is 0 Å². The molecule has 1 unspecified atom stereocenters. The van der Waals surface area contributed by atoms with Gasteiger partial charge in [-0.2, -0.15) is 13.2 Å². The monoisotopic (exact) mass is 518 g/mol. The first-order chi connectivity index (χ1) is 15.7.